The van der Waals surface area contributed by atoms with E-state index in [0.29, 0.717) is 11.3 Å². The topological polar surface area (TPSA) is 70.2 Å². The predicted octanol–water partition coefficient (Wildman–Crippen LogP) is 2.86. The molecule has 1 N–H and O–H groups in total. The minimum atomic E-state index is -3.70. The van der Waals surface area contributed by atoms with E-state index in [2.05, 4.69) is 4.98 Å². The molecule has 0 bridgehead atoms. The van der Waals surface area contributed by atoms with E-state index in [9.17, 15) is 13.2 Å². The second-order valence-corrected chi connectivity index (χ2v) is 7.97. The normalized spacial score (nSPS) is 15.6. The largest absolute Gasteiger partial charge is 0.357 e. The third-order valence-corrected chi connectivity index (χ3v) is 6.18. The number of aromatic amines is 1. The molecule has 1 aromatic heterocycles. The van der Waals surface area contributed by atoms with Gasteiger partial charge < -0.3 is 4.98 Å². The number of aryl methyl sites for hydroxylation is 1. The van der Waals surface area contributed by atoms with Crippen molar-refractivity contribution in [3.8, 4) is 0 Å². The molecule has 6 heteroatoms. The van der Waals surface area contributed by atoms with Gasteiger partial charge in [-0.3, -0.25) is 4.79 Å². The molecule has 2 heterocycles. The Labute approximate surface area is 140 Å². The van der Waals surface area contributed by atoms with E-state index in [-0.39, 0.29) is 23.8 Å². The first kappa shape index (κ1) is 15.1. The predicted molar refractivity (Wildman–Crippen MR) is 91.4 cm³/mol. The van der Waals surface area contributed by atoms with Gasteiger partial charge in [-0.1, -0.05) is 35.9 Å². The maximum Gasteiger partial charge on any atom is 0.243 e. The quantitative estimate of drug-likeness (QED) is 0.780. The molecule has 0 aliphatic carbocycles. The van der Waals surface area contributed by atoms with Gasteiger partial charge in [-0.05, 0) is 25.1 Å². The van der Waals surface area contributed by atoms with Crippen molar-refractivity contribution in [1.29, 1.82) is 0 Å². The number of carbonyl (C=O) groups excluding carboxylic acids is 1. The zero-order chi connectivity index (χ0) is 16.9. The summed E-state index contributed by atoms with van der Waals surface area (Å²) in [5.74, 6) is -0.176. The van der Waals surface area contributed by atoms with Crippen LogP contribution in [0.15, 0.2) is 53.4 Å². The van der Waals surface area contributed by atoms with E-state index >= 15 is 0 Å². The molecule has 0 spiro atoms. The first-order valence-electron chi connectivity index (χ1n) is 7.66. The molecule has 4 rings (SSSR count). The number of hydrogen-bond donors (Lipinski definition) is 1. The summed E-state index contributed by atoms with van der Waals surface area (Å²) in [5.41, 5.74) is 3.11. The molecule has 0 unspecified atom stereocenters. The summed E-state index contributed by atoms with van der Waals surface area (Å²) in [6.07, 6.45) is 0. The minimum absolute atomic E-state index is 0.134. The van der Waals surface area contributed by atoms with Gasteiger partial charge in [0.05, 0.1) is 18.0 Å². The van der Waals surface area contributed by atoms with Gasteiger partial charge >= 0.3 is 0 Å². The number of carbonyl (C=O) groups is 1. The van der Waals surface area contributed by atoms with Gasteiger partial charge in [0.25, 0.3) is 0 Å². The molecular weight excluding hydrogens is 324 g/mol. The van der Waals surface area contributed by atoms with Crippen LogP contribution in [0.1, 0.15) is 21.6 Å². The lowest BCUT2D eigenvalue weighted by Crippen LogP contribution is -2.39. The Balaban J connectivity index is 1.77. The van der Waals surface area contributed by atoms with Gasteiger partial charge in [0.1, 0.15) is 0 Å². The van der Waals surface area contributed by atoms with E-state index in [1.54, 1.807) is 24.3 Å². The molecule has 3 aromatic rings. The van der Waals surface area contributed by atoms with Crippen LogP contribution >= 0.6 is 0 Å². The van der Waals surface area contributed by atoms with Gasteiger partial charge in [0, 0.05) is 22.2 Å². The standard InChI is InChI=1S/C18H16N2O3S/c1-12-6-8-13(9-7-12)24(22,23)20-10-16-18(17(21)11-20)14-4-2-3-5-15(14)19-16/h2-9,19H,10-11H2,1H3. The summed E-state index contributed by atoms with van der Waals surface area (Å²) in [6.45, 7) is 1.94. The molecule has 2 aromatic carbocycles. The lowest BCUT2D eigenvalue weighted by Gasteiger charge is -2.25. The molecule has 0 radical (unpaired) electrons. The third-order valence-electron chi connectivity index (χ3n) is 4.38. The number of Topliss-reactive ketones (excluding diaryl/α,β-unsaturated/α-hetero) is 1. The number of nitrogens with one attached hydrogen (secondary N) is 1. The Morgan fingerprint density at radius 3 is 2.46 bits per heavy atom. The average Bonchev–Trinajstić information content (AvgIpc) is 2.94. The van der Waals surface area contributed by atoms with Crippen molar-refractivity contribution in [2.75, 3.05) is 6.54 Å². The number of nitrogens with zero attached hydrogens (tertiary/aromatic N) is 1. The second-order valence-electron chi connectivity index (χ2n) is 6.03. The Bertz CT molecular complexity index is 1050. The summed E-state index contributed by atoms with van der Waals surface area (Å²) < 4.78 is 26.9. The van der Waals surface area contributed by atoms with Crippen molar-refractivity contribution in [1.82, 2.24) is 9.29 Å². The Kier molecular flexibility index (Phi) is 3.33. The average molecular weight is 340 g/mol. The van der Waals surface area contributed by atoms with Crippen molar-refractivity contribution in [3.05, 3.63) is 65.4 Å². The van der Waals surface area contributed by atoms with Crippen molar-refractivity contribution in [3.63, 3.8) is 0 Å². The fourth-order valence-corrected chi connectivity index (χ4v) is 4.50. The molecule has 1 aliphatic rings. The summed E-state index contributed by atoms with van der Waals surface area (Å²) in [6, 6.07) is 14.2. The molecule has 0 fully saturated rings. The summed E-state index contributed by atoms with van der Waals surface area (Å²) in [5, 5.41) is 0.852. The maximum atomic E-state index is 12.8. The van der Waals surface area contributed by atoms with Crippen molar-refractivity contribution in [2.45, 2.75) is 18.4 Å². The number of H-pyrrole nitrogens is 1. The second kappa shape index (κ2) is 5.29. The van der Waals surface area contributed by atoms with Gasteiger partial charge in [-0.25, -0.2) is 8.42 Å². The number of benzene rings is 2. The number of sulfonamides is 1. The monoisotopic (exact) mass is 340 g/mol. The van der Waals surface area contributed by atoms with Crippen LogP contribution in [-0.2, 0) is 16.6 Å². The van der Waals surface area contributed by atoms with Gasteiger partial charge in [0.2, 0.25) is 10.0 Å². The first-order valence-corrected chi connectivity index (χ1v) is 9.10. The van der Waals surface area contributed by atoms with Crippen LogP contribution in [0, 0.1) is 6.92 Å². The number of fused-ring (bicyclic) bond motifs is 3. The van der Waals surface area contributed by atoms with Crippen LogP contribution in [0.5, 0.6) is 0 Å². The fraction of sp³-hybridized carbons (Fsp3) is 0.167. The van der Waals surface area contributed by atoms with E-state index in [4.69, 9.17) is 0 Å². The molecule has 0 saturated carbocycles. The van der Waals surface area contributed by atoms with Gasteiger partial charge in [0.15, 0.2) is 5.78 Å². The Morgan fingerprint density at radius 1 is 1.00 bits per heavy atom. The zero-order valence-electron chi connectivity index (χ0n) is 13.1. The van der Waals surface area contributed by atoms with E-state index in [1.165, 1.54) is 4.31 Å². The van der Waals surface area contributed by atoms with E-state index < -0.39 is 10.0 Å². The first-order chi connectivity index (χ1) is 11.5. The van der Waals surface area contributed by atoms with Crippen molar-refractivity contribution >= 4 is 26.7 Å². The highest BCUT2D eigenvalue weighted by atomic mass is 32.2. The molecule has 0 saturated heterocycles. The lowest BCUT2D eigenvalue weighted by atomic mass is 10.0. The zero-order valence-corrected chi connectivity index (χ0v) is 13.9. The van der Waals surface area contributed by atoms with E-state index in [0.717, 1.165) is 16.5 Å². The van der Waals surface area contributed by atoms with Crippen LogP contribution in [-0.4, -0.2) is 30.0 Å². The van der Waals surface area contributed by atoms with Crippen molar-refractivity contribution < 1.29 is 13.2 Å². The minimum Gasteiger partial charge on any atom is -0.357 e. The number of ketones is 1. The van der Waals surface area contributed by atoms with Crippen LogP contribution < -0.4 is 0 Å². The number of aromatic nitrogens is 1. The lowest BCUT2D eigenvalue weighted by molar-refractivity contribution is 0.0951. The van der Waals surface area contributed by atoms with Crippen LogP contribution in [0.25, 0.3) is 10.9 Å². The summed E-state index contributed by atoms with van der Waals surface area (Å²) >= 11 is 0. The molecule has 0 atom stereocenters. The maximum absolute atomic E-state index is 12.8. The molecule has 24 heavy (non-hydrogen) atoms. The van der Waals surface area contributed by atoms with E-state index in [1.807, 2.05) is 31.2 Å². The smallest absolute Gasteiger partial charge is 0.243 e. The fourth-order valence-electron chi connectivity index (χ4n) is 3.14. The van der Waals surface area contributed by atoms with Gasteiger partial charge in [-0.2, -0.15) is 4.31 Å². The number of hydrogen-bond acceptors (Lipinski definition) is 3. The number of para-hydroxylation sites is 1. The number of rotatable bonds is 2. The van der Waals surface area contributed by atoms with Crippen molar-refractivity contribution in [2.24, 2.45) is 0 Å². The molecule has 0 amide bonds. The highest BCUT2D eigenvalue weighted by Crippen LogP contribution is 2.30. The molecule has 5 nitrogen and oxygen atoms in total. The van der Waals surface area contributed by atoms with Gasteiger partial charge in [-0.15, -0.1) is 0 Å². The van der Waals surface area contributed by atoms with Crippen LogP contribution in [0.3, 0.4) is 0 Å². The highest BCUT2D eigenvalue weighted by molar-refractivity contribution is 7.89. The Hall–Kier alpha value is -2.44. The Morgan fingerprint density at radius 2 is 1.71 bits per heavy atom. The molecular formula is C18H16N2O3S. The third kappa shape index (κ3) is 2.26. The highest BCUT2D eigenvalue weighted by Gasteiger charge is 2.34. The summed E-state index contributed by atoms with van der Waals surface area (Å²) in [7, 11) is -3.70. The summed E-state index contributed by atoms with van der Waals surface area (Å²) in [4.78, 5) is 16.0. The van der Waals surface area contributed by atoms with Crippen LogP contribution in [0.4, 0.5) is 0 Å². The van der Waals surface area contributed by atoms with Crippen LogP contribution in [0.2, 0.25) is 0 Å². The SMILES string of the molecule is Cc1ccc(S(=O)(=O)N2CC(=O)c3c([nH]c4ccccc34)C2)cc1. The molecule has 122 valence electrons. The molecule has 1 aliphatic heterocycles.